The monoisotopic (exact) mass is 250 g/mol. The number of aliphatic hydroxyl groups excluding tert-OH is 1. The van der Waals surface area contributed by atoms with E-state index in [-0.39, 0.29) is 11.5 Å². The van der Waals surface area contributed by atoms with Crippen molar-refractivity contribution in [3.05, 3.63) is 18.0 Å². The van der Waals surface area contributed by atoms with Gasteiger partial charge in [-0.25, -0.2) is 0 Å². The molecule has 0 radical (unpaired) electrons. The maximum absolute atomic E-state index is 10.4. The van der Waals surface area contributed by atoms with Gasteiger partial charge < -0.3 is 5.11 Å². The van der Waals surface area contributed by atoms with Crippen molar-refractivity contribution in [2.75, 3.05) is 0 Å². The zero-order valence-electron chi connectivity index (χ0n) is 12.1. The first-order chi connectivity index (χ1) is 8.40. The summed E-state index contributed by atoms with van der Waals surface area (Å²) >= 11 is 0. The molecule has 0 bridgehead atoms. The summed E-state index contributed by atoms with van der Waals surface area (Å²) in [4.78, 5) is 0. The van der Waals surface area contributed by atoms with E-state index in [1.54, 1.807) is 0 Å². The van der Waals surface area contributed by atoms with E-state index >= 15 is 0 Å². The molecule has 18 heavy (non-hydrogen) atoms. The first-order valence-corrected chi connectivity index (χ1v) is 7.12. The highest BCUT2D eigenvalue weighted by Gasteiger charge is 2.38. The van der Waals surface area contributed by atoms with Gasteiger partial charge in [-0.15, -0.1) is 0 Å². The van der Waals surface area contributed by atoms with Gasteiger partial charge in [0.2, 0.25) is 0 Å². The molecule has 0 saturated heterocycles. The van der Waals surface area contributed by atoms with Crippen LogP contribution in [0.2, 0.25) is 0 Å². The number of rotatable bonds is 4. The summed E-state index contributed by atoms with van der Waals surface area (Å²) in [7, 11) is 0. The van der Waals surface area contributed by atoms with Crippen LogP contribution < -0.4 is 0 Å². The second-order valence-corrected chi connectivity index (χ2v) is 6.64. The SMILES string of the molecule is CC(C)n1ccc(CC(O)C2CCCC2(C)C)n1. The topological polar surface area (TPSA) is 38.0 Å². The van der Waals surface area contributed by atoms with E-state index in [1.165, 1.54) is 12.8 Å². The second kappa shape index (κ2) is 5.04. The Kier molecular flexibility index (Phi) is 3.81. The molecule has 1 N–H and O–H groups in total. The number of nitrogens with zero attached hydrogens (tertiary/aromatic N) is 2. The minimum Gasteiger partial charge on any atom is -0.392 e. The fourth-order valence-corrected chi connectivity index (χ4v) is 3.20. The Labute approximate surface area is 110 Å². The van der Waals surface area contributed by atoms with Crippen molar-refractivity contribution in [2.24, 2.45) is 11.3 Å². The van der Waals surface area contributed by atoms with E-state index in [1.807, 2.05) is 16.9 Å². The van der Waals surface area contributed by atoms with Crippen molar-refractivity contribution in [3.63, 3.8) is 0 Å². The molecule has 0 spiro atoms. The second-order valence-electron chi connectivity index (χ2n) is 6.64. The van der Waals surface area contributed by atoms with Crippen LogP contribution in [-0.4, -0.2) is 21.0 Å². The molecule has 2 rings (SSSR count). The average molecular weight is 250 g/mol. The quantitative estimate of drug-likeness (QED) is 0.891. The van der Waals surface area contributed by atoms with Crippen molar-refractivity contribution in [3.8, 4) is 0 Å². The van der Waals surface area contributed by atoms with Crippen molar-refractivity contribution >= 4 is 0 Å². The van der Waals surface area contributed by atoms with E-state index in [2.05, 4.69) is 32.8 Å². The van der Waals surface area contributed by atoms with Crippen LogP contribution in [0.4, 0.5) is 0 Å². The van der Waals surface area contributed by atoms with Gasteiger partial charge in [0, 0.05) is 18.7 Å². The summed E-state index contributed by atoms with van der Waals surface area (Å²) in [5.74, 6) is 0.418. The lowest BCUT2D eigenvalue weighted by atomic mass is 9.77. The predicted molar refractivity (Wildman–Crippen MR) is 73.4 cm³/mol. The van der Waals surface area contributed by atoms with Gasteiger partial charge in [0.1, 0.15) is 0 Å². The Bertz CT molecular complexity index is 395. The Balaban J connectivity index is 2.00. The number of hydrogen-bond acceptors (Lipinski definition) is 2. The maximum Gasteiger partial charge on any atom is 0.0650 e. The molecule has 1 heterocycles. The lowest BCUT2D eigenvalue weighted by Crippen LogP contribution is -2.31. The molecule has 3 heteroatoms. The molecule has 2 atom stereocenters. The number of hydrogen-bond donors (Lipinski definition) is 1. The van der Waals surface area contributed by atoms with Gasteiger partial charge in [-0.2, -0.15) is 5.10 Å². The summed E-state index contributed by atoms with van der Waals surface area (Å²) in [5.41, 5.74) is 1.29. The fraction of sp³-hybridized carbons (Fsp3) is 0.800. The van der Waals surface area contributed by atoms with Crippen molar-refractivity contribution < 1.29 is 5.11 Å². The van der Waals surface area contributed by atoms with Crippen LogP contribution in [0.25, 0.3) is 0 Å². The van der Waals surface area contributed by atoms with E-state index in [0.717, 1.165) is 12.1 Å². The third kappa shape index (κ3) is 2.77. The van der Waals surface area contributed by atoms with E-state index in [9.17, 15) is 5.11 Å². The summed E-state index contributed by atoms with van der Waals surface area (Å²) < 4.78 is 1.96. The Morgan fingerprint density at radius 2 is 2.22 bits per heavy atom. The molecule has 1 aliphatic rings. The zero-order chi connectivity index (χ0) is 13.3. The Morgan fingerprint density at radius 1 is 1.50 bits per heavy atom. The lowest BCUT2D eigenvalue weighted by Gasteiger charge is -2.30. The Hall–Kier alpha value is -0.830. The average Bonchev–Trinajstić information content (AvgIpc) is 2.84. The van der Waals surface area contributed by atoms with Gasteiger partial charge in [-0.05, 0) is 44.1 Å². The summed E-state index contributed by atoms with van der Waals surface area (Å²) in [5, 5.41) is 15.0. The standard InChI is InChI=1S/C15H26N2O/c1-11(2)17-9-7-12(16-17)10-14(18)13-6-5-8-15(13,3)4/h7,9,11,13-14,18H,5-6,8,10H2,1-4H3. The minimum absolute atomic E-state index is 0.252. The summed E-state index contributed by atoms with van der Waals surface area (Å²) in [6.45, 7) is 8.79. The highest BCUT2D eigenvalue weighted by molar-refractivity contribution is 5.03. The molecular weight excluding hydrogens is 224 g/mol. The first-order valence-electron chi connectivity index (χ1n) is 7.12. The number of aromatic nitrogens is 2. The molecule has 1 fully saturated rings. The predicted octanol–water partition coefficient (Wildman–Crippen LogP) is 3.19. The molecule has 1 aromatic heterocycles. The van der Waals surface area contributed by atoms with Gasteiger partial charge >= 0.3 is 0 Å². The third-order valence-electron chi connectivity index (χ3n) is 4.42. The van der Waals surface area contributed by atoms with Crippen LogP contribution in [0.3, 0.4) is 0 Å². The molecule has 1 aliphatic carbocycles. The van der Waals surface area contributed by atoms with E-state index in [4.69, 9.17) is 0 Å². The van der Waals surface area contributed by atoms with Gasteiger partial charge in [0.15, 0.2) is 0 Å². The highest BCUT2D eigenvalue weighted by atomic mass is 16.3. The molecule has 0 amide bonds. The largest absolute Gasteiger partial charge is 0.392 e. The molecule has 0 aromatic carbocycles. The molecule has 1 aromatic rings. The third-order valence-corrected chi connectivity index (χ3v) is 4.42. The van der Waals surface area contributed by atoms with Gasteiger partial charge in [-0.3, -0.25) is 4.68 Å². The van der Waals surface area contributed by atoms with Gasteiger partial charge in [0.05, 0.1) is 11.8 Å². The highest BCUT2D eigenvalue weighted by Crippen LogP contribution is 2.44. The van der Waals surface area contributed by atoms with Crippen LogP contribution >= 0.6 is 0 Å². The number of aliphatic hydroxyl groups is 1. The first kappa shape index (κ1) is 13.6. The summed E-state index contributed by atoms with van der Waals surface area (Å²) in [6, 6.07) is 2.42. The normalized spacial score (nSPS) is 24.7. The van der Waals surface area contributed by atoms with Crippen LogP contribution in [0.1, 0.15) is 58.7 Å². The molecule has 0 aliphatic heterocycles. The van der Waals surface area contributed by atoms with Crippen LogP contribution in [0.15, 0.2) is 12.3 Å². The van der Waals surface area contributed by atoms with Crippen molar-refractivity contribution in [1.82, 2.24) is 9.78 Å². The van der Waals surface area contributed by atoms with Crippen molar-refractivity contribution in [1.29, 1.82) is 0 Å². The van der Waals surface area contributed by atoms with Gasteiger partial charge in [-0.1, -0.05) is 20.3 Å². The molecule has 1 saturated carbocycles. The lowest BCUT2D eigenvalue weighted by molar-refractivity contribution is 0.0534. The molecule has 2 unspecified atom stereocenters. The van der Waals surface area contributed by atoms with Crippen molar-refractivity contribution in [2.45, 2.75) is 65.5 Å². The fourth-order valence-electron chi connectivity index (χ4n) is 3.20. The van der Waals surface area contributed by atoms with E-state index in [0.29, 0.717) is 18.4 Å². The van der Waals surface area contributed by atoms with Crippen LogP contribution in [0, 0.1) is 11.3 Å². The molecule has 102 valence electrons. The molecule has 3 nitrogen and oxygen atoms in total. The van der Waals surface area contributed by atoms with Gasteiger partial charge in [0.25, 0.3) is 0 Å². The van der Waals surface area contributed by atoms with E-state index < -0.39 is 0 Å². The maximum atomic E-state index is 10.4. The molecular formula is C15H26N2O. The van der Waals surface area contributed by atoms with Crippen LogP contribution in [-0.2, 0) is 6.42 Å². The zero-order valence-corrected chi connectivity index (χ0v) is 12.1. The smallest absolute Gasteiger partial charge is 0.0650 e. The van der Waals surface area contributed by atoms with Crippen LogP contribution in [0.5, 0.6) is 0 Å². The minimum atomic E-state index is -0.252. The summed E-state index contributed by atoms with van der Waals surface area (Å²) in [6.07, 6.45) is 6.07. The Morgan fingerprint density at radius 3 is 2.72 bits per heavy atom.